The summed E-state index contributed by atoms with van der Waals surface area (Å²) in [6, 6.07) is 0. The van der Waals surface area contributed by atoms with Crippen LogP contribution < -0.4 is 0 Å². The van der Waals surface area contributed by atoms with E-state index in [0.29, 0.717) is 6.10 Å². The van der Waals surface area contributed by atoms with E-state index in [1.165, 1.54) is 38.5 Å². The van der Waals surface area contributed by atoms with E-state index in [0.717, 1.165) is 26.2 Å². The Balaban J connectivity index is 2.18. The Labute approximate surface area is 73.5 Å². The van der Waals surface area contributed by atoms with Crippen molar-refractivity contribution in [3.8, 4) is 0 Å². The Morgan fingerprint density at radius 2 is 1.56 bits per heavy atom. The van der Waals surface area contributed by atoms with E-state index in [-0.39, 0.29) is 0 Å². The van der Waals surface area contributed by atoms with Gasteiger partial charge in [0.25, 0.3) is 0 Å². The van der Waals surface area contributed by atoms with Crippen molar-refractivity contribution in [2.75, 3.05) is 0 Å². The van der Waals surface area contributed by atoms with Crippen molar-refractivity contribution in [3.63, 3.8) is 0 Å². The van der Waals surface area contributed by atoms with E-state index in [1.54, 1.807) is 0 Å². The first-order valence-electron chi connectivity index (χ1n) is 3.79. The van der Waals surface area contributed by atoms with Gasteiger partial charge >= 0.3 is 73.5 Å². The van der Waals surface area contributed by atoms with Crippen molar-refractivity contribution >= 4 is 26.2 Å². The van der Waals surface area contributed by atoms with Gasteiger partial charge in [0.05, 0.1) is 0 Å². The predicted octanol–water partition coefficient (Wildman–Crippen LogP) is 1.81. The summed E-state index contributed by atoms with van der Waals surface area (Å²) in [5.74, 6) is 0. The van der Waals surface area contributed by atoms with Gasteiger partial charge in [-0.05, 0) is 0 Å². The quantitative estimate of drug-likeness (QED) is 0.529. The summed E-state index contributed by atoms with van der Waals surface area (Å²) in [5.41, 5.74) is 0. The molecule has 1 nitrogen and oxygen atoms in total. The molecule has 1 rings (SSSR count). The fraction of sp³-hybridized carbons (Fsp3) is 1.00. The third-order valence-corrected chi connectivity index (χ3v) is 3.49. The molecule has 0 aromatic heterocycles. The van der Waals surface area contributed by atoms with Crippen LogP contribution in [0.3, 0.4) is 0 Å². The van der Waals surface area contributed by atoms with Gasteiger partial charge in [0.2, 0.25) is 0 Å². The molecule has 0 saturated heterocycles. The standard InChI is InChI=1S/C7H13O.Tl/c8-7-5-3-1-2-4-6-7;/h7H,1-6H2;/q-1;+1. The Bertz CT molecular complexity index is 67.3. The summed E-state index contributed by atoms with van der Waals surface area (Å²) in [6.07, 6.45) is 8.98. The van der Waals surface area contributed by atoms with Crippen molar-refractivity contribution in [3.05, 3.63) is 0 Å². The van der Waals surface area contributed by atoms with Gasteiger partial charge in [-0.1, -0.05) is 0 Å². The third-order valence-electron chi connectivity index (χ3n) is 1.99. The molecule has 0 atom stereocenters. The van der Waals surface area contributed by atoms with Gasteiger partial charge < -0.3 is 0 Å². The predicted molar refractivity (Wildman–Crippen MR) is 38.3 cm³/mol. The van der Waals surface area contributed by atoms with Crippen LogP contribution in [-0.2, 0) is 2.69 Å². The molecule has 0 aromatic rings. The van der Waals surface area contributed by atoms with Crippen molar-refractivity contribution < 1.29 is 2.69 Å². The van der Waals surface area contributed by atoms with E-state index < -0.39 is 0 Å². The zero-order chi connectivity index (χ0) is 6.53. The molecule has 0 amide bonds. The van der Waals surface area contributed by atoms with Crippen LogP contribution in [0.4, 0.5) is 0 Å². The molecule has 1 aliphatic carbocycles. The Kier molecular flexibility index (Phi) is 4.13. The molecule has 0 radical (unpaired) electrons. The second kappa shape index (κ2) is 4.66. The molecule has 0 aromatic carbocycles. The molecule has 0 aliphatic heterocycles. The molecule has 2 heteroatoms. The first-order chi connectivity index (χ1) is 4.43. The molecule has 0 heterocycles. The van der Waals surface area contributed by atoms with E-state index in [4.69, 9.17) is 2.69 Å². The van der Waals surface area contributed by atoms with Crippen molar-refractivity contribution in [1.29, 1.82) is 0 Å². The molecule has 0 spiro atoms. The Morgan fingerprint density at radius 3 is 2.00 bits per heavy atom. The van der Waals surface area contributed by atoms with Gasteiger partial charge in [0.15, 0.2) is 0 Å². The molecule has 9 heavy (non-hydrogen) atoms. The van der Waals surface area contributed by atoms with Gasteiger partial charge in [0, 0.05) is 0 Å². The first kappa shape index (κ1) is 7.98. The van der Waals surface area contributed by atoms with Crippen LogP contribution in [0.1, 0.15) is 38.5 Å². The zero-order valence-electron chi connectivity index (χ0n) is 5.81. The van der Waals surface area contributed by atoms with E-state index >= 15 is 0 Å². The number of hydrogen-bond donors (Lipinski definition) is 0. The van der Waals surface area contributed by atoms with Crippen LogP contribution in [-0.4, -0.2) is 32.3 Å². The molecular formula is C7H13OTl. The van der Waals surface area contributed by atoms with Crippen LogP contribution in [0.15, 0.2) is 0 Å². The van der Waals surface area contributed by atoms with Gasteiger partial charge in [-0.2, -0.15) is 0 Å². The van der Waals surface area contributed by atoms with Crippen LogP contribution in [0, 0.1) is 0 Å². The van der Waals surface area contributed by atoms with Gasteiger partial charge in [0.1, 0.15) is 0 Å². The summed E-state index contributed by atoms with van der Waals surface area (Å²) >= 11 is 0.748. The third kappa shape index (κ3) is 2.98. The van der Waals surface area contributed by atoms with Crippen molar-refractivity contribution in [2.45, 2.75) is 44.6 Å². The van der Waals surface area contributed by atoms with E-state index in [1.807, 2.05) is 0 Å². The molecule has 1 saturated carbocycles. The van der Waals surface area contributed by atoms with Crippen molar-refractivity contribution in [1.82, 2.24) is 0 Å². The molecule has 0 bridgehead atoms. The van der Waals surface area contributed by atoms with E-state index in [9.17, 15) is 0 Å². The molecule has 50 valence electrons. The van der Waals surface area contributed by atoms with Crippen LogP contribution in [0.25, 0.3) is 0 Å². The minimum absolute atomic E-state index is 0.650. The van der Waals surface area contributed by atoms with Gasteiger partial charge in [-0.15, -0.1) is 0 Å². The fourth-order valence-corrected chi connectivity index (χ4v) is 2.44. The molecule has 0 N–H and O–H groups in total. The SMILES string of the molecule is [Tl][O]C1CCCCCC1. The topological polar surface area (TPSA) is 9.23 Å². The summed E-state index contributed by atoms with van der Waals surface area (Å²) in [7, 11) is 0. The monoisotopic (exact) mass is 318 g/mol. The summed E-state index contributed by atoms with van der Waals surface area (Å²) in [6.45, 7) is 0. The zero-order valence-corrected chi connectivity index (χ0v) is 10.3. The average Bonchev–Trinajstić information content (AvgIpc) is 2.13. The van der Waals surface area contributed by atoms with Gasteiger partial charge in [-0.3, -0.25) is 0 Å². The van der Waals surface area contributed by atoms with Crippen LogP contribution >= 0.6 is 0 Å². The average molecular weight is 318 g/mol. The molecule has 1 fully saturated rings. The van der Waals surface area contributed by atoms with Crippen LogP contribution in [0.2, 0.25) is 0 Å². The van der Waals surface area contributed by atoms with Crippen molar-refractivity contribution in [2.24, 2.45) is 0 Å². The summed E-state index contributed by atoms with van der Waals surface area (Å²) < 4.78 is 5.44. The first-order valence-corrected chi connectivity index (χ1v) is 5.62. The summed E-state index contributed by atoms with van der Waals surface area (Å²) in [4.78, 5) is 0. The maximum atomic E-state index is 5.44. The number of rotatable bonds is 1. The fourth-order valence-electron chi connectivity index (χ4n) is 1.38. The number of hydrogen-bond acceptors (Lipinski definition) is 1. The molecular weight excluding hydrogens is 304 g/mol. The van der Waals surface area contributed by atoms with E-state index in [2.05, 4.69) is 0 Å². The second-order valence-corrected chi connectivity index (χ2v) is 3.81. The van der Waals surface area contributed by atoms with Gasteiger partial charge in [-0.25, -0.2) is 0 Å². The maximum absolute atomic E-state index is 5.44. The normalized spacial score (nSPS) is 23.4. The van der Waals surface area contributed by atoms with Crippen LogP contribution in [0.5, 0.6) is 0 Å². The summed E-state index contributed by atoms with van der Waals surface area (Å²) in [5, 5.41) is 0. The minimum atomic E-state index is 0.650. The molecule has 1 aliphatic rings. The second-order valence-electron chi connectivity index (χ2n) is 2.75. The Hall–Kier alpha value is 0.882. The Morgan fingerprint density at radius 1 is 1.00 bits per heavy atom. The molecule has 0 unspecified atom stereocenters.